The molecule has 4 rings (SSSR count). The molecule has 0 unspecified atom stereocenters. The Morgan fingerprint density at radius 3 is 0.864 bits per heavy atom. The normalized spacial score (nSPS) is 10.0. The number of nitrogens with zero attached hydrogens (tertiary/aromatic N) is 3. The van der Waals surface area contributed by atoms with Crippen LogP contribution in [0.5, 0.6) is 0 Å². The Morgan fingerprint density at radius 1 is 0.386 bits per heavy atom. The Bertz CT molecular complexity index is 1270. The molecule has 0 amide bonds. The Morgan fingerprint density at radius 2 is 0.636 bits per heavy atom. The quantitative estimate of drug-likeness (QED) is 0.133. The molecule has 236 valence electrons. The van der Waals surface area contributed by atoms with E-state index in [0.717, 1.165) is 48.7 Å². The van der Waals surface area contributed by atoms with E-state index in [9.17, 15) is 0 Å². The predicted molar refractivity (Wildman–Crippen MR) is 191 cm³/mol. The van der Waals surface area contributed by atoms with Crippen LogP contribution in [0, 0.1) is 83.1 Å². The summed E-state index contributed by atoms with van der Waals surface area (Å²) >= 11 is 0. The maximum Gasteiger partial charge on any atom is 0 e. The molecule has 3 nitrogen and oxygen atoms in total. The summed E-state index contributed by atoms with van der Waals surface area (Å²) in [5.74, 6) is 0. The summed E-state index contributed by atoms with van der Waals surface area (Å²) < 4.78 is 0. The van der Waals surface area contributed by atoms with Crippen molar-refractivity contribution in [3.63, 3.8) is 0 Å². The average molecular weight is 666 g/mol. The first-order valence-corrected chi connectivity index (χ1v) is 15.2. The van der Waals surface area contributed by atoms with Crippen molar-refractivity contribution in [3.05, 3.63) is 157 Å². The van der Waals surface area contributed by atoms with Crippen LogP contribution in [0.25, 0.3) is 16.0 Å². The average Bonchev–Trinajstić information content (AvgIpc) is 3.01. The van der Waals surface area contributed by atoms with E-state index in [1.807, 2.05) is 60.7 Å². The molecule has 0 spiro atoms. The van der Waals surface area contributed by atoms with Crippen LogP contribution in [0.2, 0.25) is 0 Å². The van der Waals surface area contributed by atoms with E-state index in [1.165, 1.54) is 55.6 Å². The zero-order valence-electron chi connectivity index (χ0n) is 28.9. The second-order valence-electron chi connectivity index (χ2n) is 11.4. The third-order valence-corrected chi connectivity index (χ3v) is 8.66. The van der Waals surface area contributed by atoms with Gasteiger partial charge >= 0.3 is 0 Å². The van der Waals surface area contributed by atoms with Crippen LogP contribution in [0.3, 0.4) is 0 Å². The van der Waals surface area contributed by atoms with E-state index in [2.05, 4.69) is 88.4 Å². The van der Waals surface area contributed by atoms with Gasteiger partial charge in [-0.1, -0.05) is 34.4 Å². The molecule has 0 saturated heterocycles. The second-order valence-corrected chi connectivity index (χ2v) is 11.4. The van der Waals surface area contributed by atoms with Crippen molar-refractivity contribution in [2.24, 2.45) is 0 Å². The second kappa shape index (κ2) is 19.5. The standard InChI is InChI=1S/C26H38N3.2C7H7.Zr/c1-15-17(3)21(7)25(22(8)18(15)4)28-13-11-27-12-14-29-26-23(9)19(5)16(2)20(6)24(26)10;2*1-7-5-3-2-4-6-7;/h11-14H2,1-10H3;2*2-6H,1H2;/q-3;2*-1;. The van der Waals surface area contributed by atoms with Crippen molar-refractivity contribution < 1.29 is 26.2 Å². The summed E-state index contributed by atoms with van der Waals surface area (Å²) in [7, 11) is 0. The van der Waals surface area contributed by atoms with Gasteiger partial charge in [-0.05, 0) is 103 Å². The molecule has 44 heavy (non-hydrogen) atoms. The van der Waals surface area contributed by atoms with Gasteiger partial charge in [-0.15, -0.1) is 35.6 Å². The van der Waals surface area contributed by atoms with Gasteiger partial charge in [-0.25, -0.2) is 0 Å². The SMILES string of the molecule is Cc1c(C)c(C)c([N-]CC[N-]CC[N-]c2c(C)c(C)c(C)c(C)c2C)c(C)c1C.[CH2-]c1ccccc1.[CH2-]c1ccccc1.[Zr]. The monoisotopic (exact) mass is 664 g/mol. The summed E-state index contributed by atoms with van der Waals surface area (Å²) in [6.45, 7) is 32.3. The molecule has 0 aliphatic rings. The molecule has 0 atom stereocenters. The molecule has 0 heterocycles. The van der Waals surface area contributed by atoms with Gasteiger partial charge in [0.1, 0.15) is 0 Å². The van der Waals surface area contributed by atoms with Crippen molar-refractivity contribution in [1.82, 2.24) is 0 Å². The van der Waals surface area contributed by atoms with Gasteiger partial charge < -0.3 is 16.0 Å². The van der Waals surface area contributed by atoms with Crippen molar-refractivity contribution in [2.45, 2.75) is 69.2 Å². The van der Waals surface area contributed by atoms with E-state index in [1.54, 1.807) is 0 Å². The van der Waals surface area contributed by atoms with Gasteiger partial charge in [0, 0.05) is 26.2 Å². The van der Waals surface area contributed by atoms with Crippen molar-refractivity contribution in [2.75, 3.05) is 26.2 Å². The first kappa shape index (κ1) is 39.1. The first-order chi connectivity index (χ1) is 20.4. The van der Waals surface area contributed by atoms with Crippen LogP contribution in [0.15, 0.2) is 60.7 Å². The Balaban J connectivity index is 0.000000523. The molecule has 4 heteroatoms. The predicted octanol–water partition coefficient (Wildman–Crippen LogP) is 11.6. The molecule has 0 aromatic heterocycles. The maximum atomic E-state index is 4.86. The molecular weight excluding hydrogens is 614 g/mol. The van der Waals surface area contributed by atoms with Gasteiger partial charge in [0.05, 0.1) is 0 Å². The van der Waals surface area contributed by atoms with Crippen LogP contribution in [0.4, 0.5) is 11.4 Å². The number of rotatable bonds is 8. The minimum atomic E-state index is 0. The summed E-state index contributed by atoms with van der Waals surface area (Å²) in [5.41, 5.74) is 17.9. The van der Waals surface area contributed by atoms with Gasteiger partial charge in [0.2, 0.25) is 0 Å². The molecular formula is C40H52N3Zr-5. The zero-order chi connectivity index (χ0) is 32.1. The summed E-state index contributed by atoms with van der Waals surface area (Å²) in [5, 5.41) is 14.4. The Labute approximate surface area is 288 Å². The number of benzene rings is 4. The molecule has 0 N–H and O–H groups in total. The fourth-order valence-electron chi connectivity index (χ4n) is 4.97. The molecule has 0 aliphatic carbocycles. The van der Waals surface area contributed by atoms with E-state index in [4.69, 9.17) is 10.6 Å². The fraction of sp³-hybridized carbons (Fsp3) is 0.350. The van der Waals surface area contributed by atoms with Crippen molar-refractivity contribution >= 4 is 11.4 Å². The van der Waals surface area contributed by atoms with Crippen LogP contribution in [-0.4, -0.2) is 26.2 Å². The first-order valence-electron chi connectivity index (χ1n) is 15.2. The third kappa shape index (κ3) is 11.2. The summed E-state index contributed by atoms with van der Waals surface area (Å²) in [6.07, 6.45) is 0. The number of hydrogen-bond acceptors (Lipinski definition) is 0. The molecule has 4 aromatic carbocycles. The van der Waals surface area contributed by atoms with E-state index in [-0.39, 0.29) is 26.2 Å². The van der Waals surface area contributed by atoms with Gasteiger partial charge in [-0.2, -0.15) is 75.4 Å². The Hall–Kier alpha value is -2.94. The van der Waals surface area contributed by atoms with Crippen LogP contribution in [0.1, 0.15) is 66.8 Å². The van der Waals surface area contributed by atoms with Crippen LogP contribution >= 0.6 is 0 Å². The fourth-order valence-corrected chi connectivity index (χ4v) is 4.97. The molecule has 0 radical (unpaired) electrons. The number of hydrogen-bond donors (Lipinski definition) is 0. The summed E-state index contributed by atoms with van der Waals surface area (Å²) in [4.78, 5) is 0. The Kier molecular flexibility index (Phi) is 17.3. The van der Waals surface area contributed by atoms with Gasteiger partial charge in [0.25, 0.3) is 0 Å². The molecule has 0 bridgehead atoms. The maximum absolute atomic E-state index is 4.86. The van der Waals surface area contributed by atoms with Gasteiger partial charge in [-0.3, -0.25) is 0 Å². The van der Waals surface area contributed by atoms with Crippen LogP contribution in [-0.2, 0) is 26.2 Å². The van der Waals surface area contributed by atoms with Crippen molar-refractivity contribution in [1.29, 1.82) is 0 Å². The molecule has 0 fully saturated rings. The zero-order valence-corrected chi connectivity index (χ0v) is 31.3. The largest absolute Gasteiger partial charge is 0.685 e. The smallest absolute Gasteiger partial charge is 0 e. The van der Waals surface area contributed by atoms with E-state index >= 15 is 0 Å². The molecule has 0 saturated carbocycles. The third-order valence-electron chi connectivity index (χ3n) is 8.66. The van der Waals surface area contributed by atoms with Crippen LogP contribution < -0.4 is 0 Å². The van der Waals surface area contributed by atoms with E-state index in [0.29, 0.717) is 0 Å². The molecule has 4 aromatic rings. The van der Waals surface area contributed by atoms with Gasteiger partial charge in [0.15, 0.2) is 0 Å². The van der Waals surface area contributed by atoms with E-state index < -0.39 is 0 Å². The minimum absolute atomic E-state index is 0. The topological polar surface area (TPSA) is 42.3 Å². The molecule has 0 aliphatic heterocycles. The minimum Gasteiger partial charge on any atom is -0.685 e. The van der Waals surface area contributed by atoms with Crippen molar-refractivity contribution in [3.8, 4) is 0 Å². The summed E-state index contributed by atoms with van der Waals surface area (Å²) in [6, 6.07) is 19.7.